The number of carbonyl (C=O) groups is 1. The molecule has 0 aromatic heterocycles. The van der Waals surface area contributed by atoms with Gasteiger partial charge in [0.2, 0.25) is 0 Å². The number of benzene rings is 2. The first kappa shape index (κ1) is 14.7. The molecule has 1 amide bonds. The van der Waals surface area contributed by atoms with E-state index in [1.54, 1.807) is 18.2 Å². The van der Waals surface area contributed by atoms with E-state index >= 15 is 0 Å². The maximum absolute atomic E-state index is 12.0. The summed E-state index contributed by atoms with van der Waals surface area (Å²) in [5, 5.41) is 3.86. The number of rotatable bonds is 4. The Hall–Kier alpha value is -1.71. The van der Waals surface area contributed by atoms with E-state index < -0.39 is 0 Å². The van der Waals surface area contributed by atoms with Gasteiger partial charge in [0.25, 0.3) is 5.91 Å². The highest BCUT2D eigenvalue weighted by molar-refractivity contribution is 6.34. The van der Waals surface area contributed by atoms with Gasteiger partial charge in [-0.3, -0.25) is 4.79 Å². The molecule has 104 valence electrons. The van der Waals surface area contributed by atoms with Crippen molar-refractivity contribution < 1.29 is 4.79 Å². The summed E-state index contributed by atoms with van der Waals surface area (Å²) in [5.74, 6) is -0.262. The highest BCUT2D eigenvalue weighted by Crippen LogP contribution is 2.21. The SMILES string of the molecule is Nc1cccc(Cl)c1C(=O)NCCc1ccc(Cl)cc1. The Morgan fingerprint density at radius 2 is 1.80 bits per heavy atom. The van der Waals surface area contributed by atoms with E-state index in [9.17, 15) is 4.79 Å². The second-order valence-corrected chi connectivity index (χ2v) is 5.18. The van der Waals surface area contributed by atoms with Crippen LogP contribution >= 0.6 is 23.2 Å². The Bertz CT molecular complexity index is 592. The van der Waals surface area contributed by atoms with Gasteiger partial charge in [-0.05, 0) is 36.2 Å². The summed E-state index contributed by atoms with van der Waals surface area (Å²) in [6, 6.07) is 12.5. The molecule has 0 aliphatic rings. The third-order valence-electron chi connectivity index (χ3n) is 2.89. The Balaban J connectivity index is 1.94. The van der Waals surface area contributed by atoms with Crippen LogP contribution in [0.3, 0.4) is 0 Å². The van der Waals surface area contributed by atoms with Crippen LogP contribution in [0.5, 0.6) is 0 Å². The number of anilines is 1. The molecule has 0 saturated heterocycles. The van der Waals surface area contributed by atoms with Gasteiger partial charge in [0.1, 0.15) is 0 Å². The molecule has 20 heavy (non-hydrogen) atoms. The Kier molecular flexibility index (Phi) is 4.88. The van der Waals surface area contributed by atoms with Crippen LogP contribution in [0.4, 0.5) is 5.69 Å². The highest BCUT2D eigenvalue weighted by atomic mass is 35.5. The molecule has 0 radical (unpaired) electrons. The standard InChI is InChI=1S/C15H14Cl2N2O/c16-11-6-4-10(5-7-11)8-9-19-15(20)14-12(17)2-1-3-13(14)18/h1-7H,8-9,18H2,(H,19,20). The molecule has 0 saturated carbocycles. The molecule has 0 fully saturated rings. The van der Waals surface area contributed by atoms with Crippen LogP contribution in [0.15, 0.2) is 42.5 Å². The van der Waals surface area contributed by atoms with Crippen molar-refractivity contribution >= 4 is 34.8 Å². The maximum atomic E-state index is 12.0. The second-order valence-electron chi connectivity index (χ2n) is 4.34. The molecule has 3 N–H and O–H groups in total. The predicted molar refractivity (Wildman–Crippen MR) is 83.4 cm³/mol. The topological polar surface area (TPSA) is 55.1 Å². The quantitative estimate of drug-likeness (QED) is 0.849. The van der Waals surface area contributed by atoms with Crippen LogP contribution in [-0.4, -0.2) is 12.5 Å². The van der Waals surface area contributed by atoms with E-state index in [-0.39, 0.29) is 5.91 Å². The number of nitrogens with two attached hydrogens (primary N) is 1. The second kappa shape index (κ2) is 6.64. The molecule has 2 aromatic carbocycles. The van der Waals surface area contributed by atoms with Crippen LogP contribution < -0.4 is 11.1 Å². The van der Waals surface area contributed by atoms with Gasteiger partial charge in [0.05, 0.1) is 10.6 Å². The molecule has 0 aliphatic carbocycles. The van der Waals surface area contributed by atoms with Gasteiger partial charge in [-0.25, -0.2) is 0 Å². The smallest absolute Gasteiger partial charge is 0.254 e. The first-order chi connectivity index (χ1) is 9.58. The molecular formula is C15H14Cl2N2O. The molecule has 2 rings (SSSR count). The van der Waals surface area contributed by atoms with Gasteiger partial charge in [-0.1, -0.05) is 41.4 Å². The third-order valence-corrected chi connectivity index (χ3v) is 3.45. The zero-order valence-electron chi connectivity index (χ0n) is 10.7. The number of hydrogen-bond donors (Lipinski definition) is 2. The van der Waals surface area contributed by atoms with Gasteiger partial charge in [-0.2, -0.15) is 0 Å². The van der Waals surface area contributed by atoms with E-state index in [1.165, 1.54) is 0 Å². The molecule has 0 unspecified atom stereocenters. The van der Waals surface area contributed by atoms with Crippen LogP contribution in [0, 0.1) is 0 Å². The average molecular weight is 309 g/mol. The van der Waals surface area contributed by atoms with Crippen molar-refractivity contribution in [1.29, 1.82) is 0 Å². The molecule has 5 heteroatoms. The Labute approximate surface area is 127 Å². The summed E-state index contributed by atoms with van der Waals surface area (Å²) in [7, 11) is 0. The number of hydrogen-bond acceptors (Lipinski definition) is 2. The number of carbonyl (C=O) groups excluding carboxylic acids is 1. The monoisotopic (exact) mass is 308 g/mol. The summed E-state index contributed by atoms with van der Waals surface area (Å²) >= 11 is 11.8. The number of nitrogens with one attached hydrogen (secondary N) is 1. The van der Waals surface area contributed by atoms with Crippen molar-refractivity contribution in [3.63, 3.8) is 0 Å². The fourth-order valence-corrected chi connectivity index (χ4v) is 2.23. The lowest BCUT2D eigenvalue weighted by Gasteiger charge is -2.09. The largest absolute Gasteiger partial charge is 0.398 e. The van der Waals surface area contributed by atoms with E-state index in [1.807, 2.05) is 24.3 Å². The summed E-state index contributed by atoms with van der Waals surface area (Å²) in [5.41, 5.74) is 7.56. The van der Waals surface area contributed by atoms with E-state index in [2.05, 4.69) is 5.32 Å². The zero-order valence-corrected chi connectivity index (χ0v) is 12.2. The maximum Gasteiger partial charge on any atom is 0.254 e. The van der Waals surface area contributed by atoms with Crippen LogP contribution in [0.2, 0.25) is 10.0 Å². The fourth-order valence-electron chi connectivity index (χ4n) is 1.84. The lowest BCUT2D eigenvalue weighted by Crippen LogP contribution is -2.26. The first-order valence-electron chi connectivity index (χ1n) is 6.14. The van der Waals surface area contributed by atoms with Crippen LogP contribution in [-0.2, 0) is 6.42 Å². The minimum atomic E-state index is -0.262. The molecule has 0 bridgehead atoms. The van der Waals surface area contributed by atoms with Gasteiger partial charge >= 0.3 is 0 Å². The van der Waals surface area contributed by atoms with Gasteiger partial charge in [0.15, 0.2) is 0 Å². The van der Waals surface area contributed by atoms with Gasteiger partial charge < -0.3 is 11.1 Å². The zero-order chi connectivity index (χ0) is 14.5. The molecule has 0 atom stereocenters. The van der Waals surface area contributed by atoms with Gasteiger partial charge in [0, 0.05) is 17.3 Å². The summed E-state index contributed by atoms with van der Waals surface area (Å²) in [6.45, 7) is 0.505. The molecule has 3 nitrogen and oxygen atoms in total. The molecule has 2 aromatic rings. The Morgan fingerprint density at radius 1 is 1.10 bits per heavy atom. The summed E-state index contributed by atoms with van der Waals surface area (Å²) < 4.78 is 0. The summed E-state index contributed by atoms with van der Waals surface area (Å²) in [6.07, 6.45) is 0.716. The number of amides is 1. The molecule has 0 heterocycles. The van der Waals surface area contributed by atoms with Crippen LogP contribution in [0.25, 0.3) is 0 Å². The Morgan fingerprint density at radius 3 is 2.45 bits per heavy atom. The van der Waals surface area contributed by atoms with Crippen molar-refractivity contribution in [3.05, 3.63) is 63.6 Å². The number of nitrogen functional groups attached to an aromatic ring is 1. The minimum absolute atomic E-state index is 0.262. The average Bonchev–Trinajstić information content (AvgIpc) is 2.41. The lowest BCUT2D eigenvalue weighted by atomic mass is 10.1. The van der Waals surface area contributed by atoms with E-state index in [4.69, 9.17) is 28.9 Å². The van der Waals surface area contributed by atoms with Crippen molar-refractivity contribution in [3.8, 4) is 0 Å². The van der Waals surface area contributed by atoms with E-state index in [0.29, 0.717) is 34.3 Å². The van der Waals surface area contributed by atoms with Crippen molar-refractivity contribution in [2.75, 3.05) is 12.3 Å². The predicted octanol–water partition coefficient (Wildman–Crippen LogP) is 3.55. The third kappa shape index (κ3) is 3.65. The van der Waals surface area contributed by atoms with Crippen LogP contribution in [0.1, 0.15) is 15.9 Å². The fraction of sp³-hybridized carbons (Fsp3) is 0.133. The lowest BCUT2D eigenvalue weighted by molar-refractivity contribution is 0.0955. The molecule has 0 aliphatic heterocycles. The van der Waals surface area contributed by atoms with Gasteiger partial charge in [-0.15, -0.1) is 0 Å². The molecule has 0 spiro atoms. The van der Waals surface area contributed by atoms with Crippen molar-refractivity contribution in [2.45, 2.75) is 6.42 Å². The minimum Gasteiger partial charge on any atom is -0.398 e. The number of halogens is 2. The normalized spacial score (nSPS) is 10.3. The molecular weight excluding hydrogens is 295 g/mol. The first-order valence-corrected chi connectivity index (χ1v) is 6.90. The highest BCUT2D eigenvalue weighted by Gasteiger charge is 2.12. The van der Waals surface area contributed by atoms with E-state index in [0.717, 1.165) is 5.56 Å². The summed E-state index contributed by atoms with van der Waals surface area (Å²) in [4.78, 5) is 12.0. The van der Waals surface area contributed by atoms with Crippen molar-refractivity contribution in [1.82, 2.24) is 5.32 Å². The van der Waals surface area contributed by atoms with Crippen molar-refractivity contribution in [2.24, 2.45) is 0 Å².